The van der Waals surface area contributed by atoms with Crippen molar-refractivity contribution in [2.75, 3.05) is 39.8 Å². The summed E-state index contributed by atoms with van der Waals surface area (Å²) >= 11 is 0. The van der Waals surface area contributed by atoms with E-state index in [1.54, 1.807) is 11.8 Å². The molecule has 1 rings (SSSR count). The summed E-state index contributed by atoms with van der Waals surface area (Å²) in [5, 5.41) is 0. The molecule has 1 saturated heterocycles. The van der Waals surface area contributed by atoms with E-state index in [0.29, 0.717) is 13.1 Å². The highest BCUT2D eigenvalue weighted by Gasteiger charge is 2.24. The van der Waals surface area contributed by atoms with Crippen LogP contribution in [-0.2, 0) is 14.3 Å². The molecule has 0 aromatic heterocycles. The van der Waals surface area contributed by atoms with Gasteiger partial charge in [-0.05, 0) is 26.9 Å². The lowest BCUT2D eigenvalue weighted by molar-refractivity contribution is -0.159. The normalized spacial score (nSPS) is 18.4. The summed E-state index contributed by atoms with van der Waals surface area (Å²) in [6.07, 6.45) is 0.904. The number of carbonyl (C=O) groups excluding carboxylic acids is 2. The highest BCUT2D eigenvalue weighted by Crippen LogP contribution is 2.02. The number of hydrogen-bond donors (Lipinski definition) is 0. The average molecular weight is 214 g/mol. The van der Waals surface area contributed by atoms with Crippen LogP contribution in [0.3, 0.4) is 0 Å². The van der Waals surface area contributed by atoms with Crippen molar-refractivity contribution in [3.63, 3.8) is 0 Å². The second kappa shape index (κ2) is 5.70. The van der Waals surface area contributed by atoms with E-state index in [4.69, 9.17) is 0 Å². The number of likely N-dealkylation sites (N-methyl/N-ethyl adjacent to an activating group) is 1. The van der Waals surface area contributed by atoms with Gasteiger partial charge >= 0.3 is 11.9 Å². The summed E-state index contributed by atoms with van der Waals surface area (Å²) in [6.45, 7) is 4.97. The van der Waals surface area contributed by atoms with E-state index in [0.717, 1.165) is 19.5 Å². The van der Waals surface area contributed by atoms with Gasteiger partial charge in [0.1, 0.15) is 0 Å². The molecule has 1 aliphatic rings. The van der Waals surface area contributed by atoms with Gasteiger partial charge in [-0.15, -0.1) is 0 Å². The number of nitrogens with zero attached hydrogens (tertiary/aromatic N) is 2. The maximum atomic E-state index is 11.6. The van der Waals surface area contributed by atoms with Gasteiger partial charge < -0.3 is 14.5 Å². The Balaban J connectivity index is 2.48. The van der Waals surface area contributed by atoms with Gasteiger partial charge in [0, 0.05) is 19.6 Å². The summed E-state index contributed by atoms with van der Waals surface area (Å²) in [7, 11) is 2.01. The lowest BCUT2D eigenvalue weighted by Crippen LogP contribution is -2.39. The van der Waals surface area contributed by atoms with Crippen molar-refractivity contribution < 1.29 is 14.3 Å². The highest BCUT2D eigenvalue weighted by atomic mass is 16.5. The van der Waals surface area contributed by atoms with Crippen molar-refractivity contribution >= 4 is 11.9 Å². The fraction of sp³-hybridized carbons (Fsp3) is 0.800. The molecule has 5 heteroatoms. The van der Waals surface area contributed by atoms with Gasteiger partial charge in [-0.1, -0.05) is 0 Å². The van der Waals surface area contributed by atoms with Crippen LogP contribution in [0.4, 0.5) is 0 Å². The minimum Gasteiger partial charge on any atom is -0.459 e. The van der Waals surface area contributed by atoms with Crippen LogP contribution >= 0.6 is 0 Å². The van der Waals surface area contributed by atoms with E-state index in [1.807, 2.05) is 7.05 Å². The summed E-state index contributed by atoms with van der Waals surface area (Å²) in [5.41, 5.74) is 0. The Hall–Kier alpha value is -1.10. The molecule has 0 aliphatic carbocycles. The largest absolute Gasteiger partial charge is 0.459 e. The van der Waals surface area contributed by atoms with E-state index in [-0.39, 0.29) is 6.61 Å². The average Bonchev–Trinajstić information content (AvgIpc) is 2.42. The molecule has 1 fully saturated rings. The topological polar surface area (TPSA) is 49.9 Å². The molecule has 0 N–H and O–H groups in total. The van der Waals surface area contributed by atoms with Crippen molar-refractivity contribution in [1.82, 2.24) is 9.80 Å². The molecular weight excluding hydrogens is 196 g/mol. The number of rotatable bonds is 1. The van der Waals surface area contributed by atoms with E-state index in [2.05, 4.69) is 9.64 Å². The Kier molecular flexibility index (Phi) is 4.55. The molecule has 0 saturated carbocycles. The number of hydrogen-bond acceptors (Lipinski definition) is 4. The minimum atomic E-state index is -0.734. The molecule has 1 amide bonds. The molecule has 5 nitrogen and oxygen atoms in total. The molecule has 0 radical (unpaired) electrons. The monoisotopic (exact) mass is 214 g/mol. The van der Waals surface area contributed by atoms with Crippen molar-refractivity contribution in [3.8, 4) is 0 Å². The summed E-state index contributed by atoms with van der Waals surface area (Å²) in [5.74, 6) is -1.24. The zero-order chi connectivity index (χ0) is 11.3. The maximum Gasteiger partial charge on any atom is 0.397 e. The molecule has 0 atom stereocenters. The Morgan fingerprint density at radius 2 is 1.93 bits per heavy atom. The van der Waals surface area contributed by atoms with Crippen LogP contribution in [0, 0.1) is 0 Å². The molecule has 0 bridgehead atoms. The fourth-order valence-corrected chi connectivity index (χ4v) is 1.57. The van der Waals surface area contributed by atoms with Gasteiger partial charge in [-0.3, -0.25) is 4.79 Å². The molecule has 1 heterocycles. The molecule has 0 aromatic carbocycles. The Morgan fingerprint density at radius 3 is 2.60 bits per heavy atom. The number of amides is 1. The third kappa shape index (κ3) is 3.51. The SMILES string of the molecule is CCOC(=O)C(=O)N1CCCN(C)CC1. The van der Waals surface area contributed by atoms with E-state index < -0.39 is 11.9 Å². The first kappa shape index (κ1) is 12.0. The lowest BCUT2D eigenvalue weighted by Gasteiger charge is -2.18. The van der Waals surface area contributed by atoms with E-state index >= 15 is 0 Å². The van der Waals surface area contributed by atoms with E-state index in [9.17, 15) is 9.59 Å². The third-order valence-electron chi connectivity index (χ3n) is 2.46. The van der Waals surface area contributed by atoms with Crippen molar-refractivity contribution in [1.29, 1.82) is 0 Å². The second-order valence-corrected chi connectivity index (χ2v) is 3.67. The lowest BCUT2D eigenvalue weighted by atomic mass is 10.4. The predicted molar refractivity (Wildman–Crippen MR) is 55.3 cm³/mol. The van der Waals surface area contributed by atoms with Crippen LogP contribution in [0.2, 0.25) is 0 Å². The van der Waals surface area contributed by atoms with Crippen molar-refractivity contribution in [2.45, 2.75) is 13.3 Å². The summed E-state index contributed by atoms with van der Waals surface area (Å²) in [6, 6.07) is 0. The molecule has 15 heavy (non-hydrogen) atoms. The van der Waals surface area contributed by atoms with Crippen LogP contribution in [0.25, 0.3) is 0 Å². The zero-order valence-corrected chi connectivity index (χ0v) is 9.36. The van der Waals surface area contributed by atoms with Crippen LogP contribution in [0.15, 0.2) is 0 Å². The maximum absolute atomic E-state index is 11.6. The van der Waals surface area contributed by atoms with Crippen LogP contribution in [-0.4, -0.2) is 61.5 Å². The first-order valence-electron chi connectivity index (χ1n) is 5.29. The van der Waals surface area contributed by atoms with E-state index in [1.165, 1.54) is 0 Å². The quantitative estimate of drug-likeness (QED) is 0.445. The van der Waals surface area contributed by atoms with Crippen molar-refractivity contribution in [3.05, 3.63) is 0 Å². The first-order valence-corrected chi connectivity index (χ1v) is 5.29. The number of ether oxygens (including phenoxy) is 1. The van der Waals surface area contributed by atoms with Gasteiger partial charge in [0.25, 0.3) is 0 Å². The highest BCUT2D eigenvalue weighted by molar-refractivity contribution is 6.32. The molecule has 1 aliphatic heterocycles. The molecule has 0 spiro atoms. The molecule has 0 aromatic rings. The standard InChI is InChI=1S/C10H18N2O3/c1-3-15-10(14)9(13)12-6-4-5-11(2)7-8-12/h3-8H2,1-2H3. The summed E-state index contributed by atoms with van der Waals surface area (Å²) < 4.78 is 4.68. The Labute approximate surface area is 90.0 Å². The molecule has 86 valence electrons. The first-order chi connectivity index (χ1) is 7.15. The molecular formula is C10H18N2O3. The van der Waals surface area contributed by atoms with Gasteiger partial charge in [-0.2, -0.15) is 0 Å². The predicted octanol–water partition coefficient (Wildman–Crippen LogP) is -0.286. The second-order valence-electron chi connectivity index (χ2n) is 3.67. The van der Waals surface area contributed by atoms with Gasteiger partial charge in [0.05, 0.1) is 6.61 Å². The fourth-order valence-electron chi connectivity index (χ4n) is 1.57. The Morgan fingerprint density at radius 1 is 1.20 bits per heavy atom. The number of carbonyl (C=O) groups is 2. The Bertz CT molecular complexity index is 243. The minimum absolute atomic E-state index is 0.248. The van der Waals surface area contributed by atoms with Crippen LogP contribution in [0.5, 0.6) is 0 Å². The number of esters is 1. The summed E-state index contributed by atoms with van der Waals surface area (Å²) in [4.78, 5) is 26.5. The van der Waals surface area contributed by atoms with Gasteiger partial charge in [-0.25, -0.2) is 4.79 Å². The third-order valence-corrected chi connectivity index (χ3v) is 2.46. The van der Waals surface area contributed by atoms with Crippen LogP contribution in [0.1, 0.15) is 13.3 Å². The van der Waals surface area contributed by atoms with Crippen LogP contribution < -0.4 is 0 Å². The smallest absolute Gasteiger partial charge is 0.397 e. The van der Waals surface area contributed by atoms with Crippen molar-refractivity contribution in [2.24, 2.45) is 0 Å². The zero-order valence-electron chi connectivity index (χ0n) is 9.36. The van der Waals surface area contributed by atoms with Gasteiger partial charge in [0.2, 0.25) is 0 Å². The molecule has 0 unspecified atom stereocenters. The van der Waals surface area contributed by atoms with Gasteiger partial charge in [0.15, 0.2) is 0 Å².